The molecule has 0 bridgehead atoms. The van der Waals surface area contributed by atoms with Crippen LogP contribution < -0.4 is 4.90 Å². The van der Waals surface area contributed by atoms with Crippen LogP contribution in [0.4, 0.5) is 10.3 Å². The Kier molecular flexibility index (Phi) is 3.05. The van der Waals surface area contributed by atoms with Crippen molar-refractivity contribution in [2.75, 3.05) is 18.0 Å². The number of halogens is 2. The van der Waals surface area contributed by atoms with E-state index in [4.69, 9.17) is 11.6 Å². The minimum absolute atomic E-state index is 0.0805. The Balaban J connectivity index is 2.27. The zero-order chi connectivity index (χ0) is 10.8. The van der Waals surface area contributed by atoms with Crippen LogP contribution in [-0.2, 0) is 0 Å². The van der Waals surface area contributed by atoms with Crippen molar-refractivity contribution in [3.8, 4) is 0 Å². The first kappa shape index (κ1) is 10.6. The predicted molar refractivity (Wildman–Crippen MR) is 57.8 cm³/mol. The fourth-order valence-corrected chi connectivity index (χ4v) is 1.96. The molecule has 1 fully saturated rings. The highest BCUT2D eigenvalue weighted by atomic mass is 35.5. The summed E-state index contributed by atoms with van der Waals surface area (Å²) in [7, 11) is 0. The molecular formula is C10H13ClFN3. The van der Waals surface area contributed by atoms with E-state index >= 15 is 0 Å². The summed E-state index contributed by atoms with van der Waals surface area (Å²) in [5.41, 5.74) is 0.315. The summed E-state index contributed by atoms with van der Waals surface area (Å²) in [5.74, 6) is 0.0380. The molecule has 1 aliphatic heterocycles. The van der Waals surface area contributed by atoms with Crippen molar-refractivity contribution in [1.82, 2.24) is 9.97 Å². The van der Waals surface area contributed by atoms with Crippen molar-refractivity contribution >= 4 is 17.5 Å². The number of rotatable bonds is 1. The van der Waals surface area contributed by atoms with Crippen molar-refractivity contribution in [3.05, 3.63) is 16.7 Å². The summed E-state index contributed by atoms with van der Waals surface area (Å²) < 4.78 is 13.2. The van der Waals surface area contributed by atoms with E-state index in [1.54, 1.807) is 6.92 Å². The summed E-state index contributed by atoms with van der Waals surface area (Å²) in [4.78, 5) is 10.1. The molecule has 0 saturated carbocycles. The molecule has 2 rings (SSSR count). The Bertz CT molecular complexity index is 341. The maximum absolute atomic E-state index is 13.2. The Morgan fingerprint density at radius 1 is 1.20 bits per heavy atom. The Labute approximate surface area is 93.3 Å². The van der Waals surface area contributed by atoms with Crippen LogP contribution in [0.1, 0.15) is 25.0 Å². The number of hydrogen-bond acceptors (Lipinski definition) is 3. The van der Waals surface area contributed by atoms with E-state index in [1.807, 2.05) is 0 Å². The molecule has 5 heteroatoms. The normalized spacial score (nSPS) is 16.9. The van der Waals surface area contributed by atoms with Gasteiger partial charge in [0.05, 0.1) is 5.69 Å². The van der Waals surface area contributed by atoms with Crippen molar-refractivity contribution in [1.29, 1.82) is 0 Å². The van der Waals surface area contributed by atoms with Crippen LogP contribution in [-0.4, -0.2) is 23.1 Å². The molecular weight excluding hydrogens is 217 g/mol. The van der Waals surface area contributed by atoms with Gasteiger partial charge in [-0.3, -0.25) is 0 Å². The highest BCUT2D eigenvalue weighted by Crippen LogP contribution is 2.21. The molecule has 82 valence electrons. The zero-order valence-corrected chi connectivity index (χ0v) is 9.39. The summed E-state index contributed by atoms with van der Waals surface area (Å²) in [6.07, 6.45) is 3.51. The van der Waals surface area contributed by atoms with Gasteiger partial charge in [0, 0.05) is 13.1 Å². The van der Waals surface area contributed by atoms with E-state index in [0.29, 0.717) is 11.6 Å². The third-order valence-corrected chi connectivity index (χ3v) is 2.85. The third kappa shape index (κ3) is 2.20. The molecule has 1 aliphatic rings. The molecule has 0 atom stereocenters. The average Bonchev–Trinajstić information content (AvgIpc) is 2.26. The SMILES string of the molecule is Cc1nc(N2CCCCC2)nc(Cl)c1F. The minimum Gasteiger partial charge on any atom is -0.341 e. The molecule has 0 radical (unpaired) electrons. The molecule has 0 aliphatic carbocycles. The van der Waals surface area contributed by atoms with Crippen molar-refractivity contribution < 1.29 is 4.39 Å². The van der Waals surface area contributed by atoms with E-state index < -0.39 is 5.82 Å². The maximum Gasteiger partial charge on any atom is 0.227 e. The lowest BCUT2D eigenvalue weighted by atomic mass is 10.1. The van der Waals surface area contributed by atoms with E-state index in [1.165, 1.54) is 6.42 Å². The highest BCUT2D eigenvalue weighted by Gasteiger charge is 2.16. The summed E-state index contributed by atoms with van der Waals surface area (Å²) >= 11 is 5.69. The van der Waals surface area contributed by atoms with Crippen LogP contribution in [0.15, 0.2) is 0 Å². The number of nitrogens with zero attached hydrogens (tertiary/aromatic N) is 3. The Hall–Kier alpha value is -0.900. The van der Waals surface area contributed by atoms with E-state index in [9.17, 15) is 4.39 Å². The largest absolute Gasteiger partial charge is 0.341 e. The lowest BCUT2D eigenvalue weighted by Crippen LogP contribution is -2.31. The van der Waals surface area contributed by atoms with Crippen LogP contribution in [0.3, 0.4) is 0 Å². The third-order valence-electron chi connectivity index (χ3n) is 2.60. The fourth-order valence-electron chi connectivity index (χ4n) is 1.75. The molecule has 0 unspecified atom stereocenters. The van der Waals surface area contributed by atoms with Gasteiger partial charge in [0.25, 0.3) is 0 Å². The van der Waals surface area contributed by atoms with Gasteiger partial charge >= 0.3 is 0 Å². The van der Waals surface area contributed by atoms with E-state index in [2.05, 4.69) is 14.9 Å². The van der Waals surface area contributed by atoms with Gasteiger partial charge in [-0.25, -0.2) is 9.37 Å². The first-order valence-corrected chi connectivity index (χ1v) is 5.51. The number of aromatic nitrogens is 2. The summed E-state index contributed by atoms with van der Waals surface area (Å²) in [6, 6.07) is 0. The highest BCUT2D eigenvalue weighted by molar-refractivity contribution is 6.29. The molecule has 0 amide bonds. The Morgan fingerprint density at radius 2 is 1.87 bits per heavy atom. The van der Waals surface area contributed by atoms with Crippen LogP contribution in [0.25, 0.3) is 0 Å². The Morgan fingerprint density at radius 3 is 2.47 bits per heavy atom. The topological polar surface area (TPSA) is 29.0 Å². The second kappa shape index (κ2) is 4.31. The number of piperidine rings is 1. The molecule has 3 nitrogen and oxygen atoms in total. The van der Waals surface area contributed by atoms with E-state index in [0.717, 1.165) is 25.9 Å². The van der Waals surface area contributed by atoms with Crippen LogP contribution in [0.2, 0.25) is 5.15 Å². The molecule has 1 saturated heterocycles. The van der Waals surface area contributed by atoms with Gasteiger partial charge in [-0.1, -0.05) is 11.6 Å². The van der Waals surface area contributed by atoms with Crippen LogP contribution >= 0.6 is 11.6 Å². The summed E-state index contributed by atoms with van der Waals surface area (Å²) in [5, 5.41) is -0.0805. The molecule has 2 heterocycles. The summed E-state index contributed by atoms with van der Waals surface area (Å²) in [6.45, 7) is 3.47. The van der Waals surface area contributed by atoms with Gasteiger partial charge in [-0.2, -0.15) is 4.98 Å². The molecule has 15 heavy (non-hydrogen) atoms. The average molecular weight is 230 g/mol. The molecule has 0 spiro atoms. The molecule has 1 aromatic rings. The second-order valence-corrected chi connectivity index (χ2v) is 4.12. The van der Waals surface area contributed by atoms with Crippen LogP contribution in [0, 0.1) is 12.7 Å². The molecule has 0 aromatic carbocycles. The number of hydrogen-bond donors (Lipinski definition) is 0. The molecule has 0 N–H and O–H groups in total. The first-order valence-electron chi connectivity index (χ1n) is 5.13. The van der Waals surface area contributed by atoms with Gasteiger partial charge in [0.2, 0.25) is 5.95 Å². The number of anilines is 1. The maximum atomic E-state index is 13.2. The smallest absolute Gasteiger partial charge is 0.227 e. The van der Waals surface area contributed by atoms with Gasteiger partial charge in [0.15, 0.2) is 11.0 Å². The predicted octanol–water partition coefficient (Wildman–Crippen LogP) is 2.57. The lowest BCUT2D eigenvalue weighted by Gasteiger charge is -2.26. The van der Waals surface area contributed by atoms with Gasteiger partial charge in [0.1, 0.15) is 0 Å². The minimum atomic E-state index is -0.516. The fraction of sp³-hybridized carbons (Fsp3) is 0.600. The van der Waals surface area contributed by atoms with Crippen molar-refractivity contribution in [3.63, 3.8) is 0 Å². The van der Waals surface area contributed by atoms with Crippen LogP contribution in [0.5, 0.6) is 0 Å². The standard InChI is InChI=1S/C10H13ClFN3/c1-7-8(12)9(11)14-10(13-7)15-5-3-2-4-6-15/h2-6H2,1H3. The van der Waals surface area contributed by atoms with Crippen molar-refractivity contribution in [2.45, 2.75) is 26.2 Å². The van der Waals surface area contributed by atoms with Crippen molar-refractivity contribution in [2.24, 2.45) is 0 Å². The lowest BCUT2D eigenvalue weighted by molar-refractivity contribution is 0.559. The zero-order valence-electron chi connectivity index (χ0n) is 8.63. The van der Waals surface area contributed by atoms with Gasteiger partial charge < -0.3 is 4.90 Å². The quantitative estimate of drug-likeness (QED) is 0.693. The number of aryl methyl sites for hydroxylation is 1. The van der Waals surface area contributed by atoms with Gasteiger partial charge in [-0.05, 0) is 26.2 Å². The second-order valence-electron chi connectivity index (χ2n) is 3.76. The first-order chi connectivity index (χ1) is 7.18. The van der Waals surface area contributed by atoms with Gasteiger partial charge in [-0.15, -0.1) is 0 Å². The monoisotopic (exact) mass is 229 g/mol. The molecule has 1 aromatic heterocycles. The van der Waals surface area contributed by atoms with E-state index in [-0.39, 0.29) is 5.15 Å².